The lowest BCUT2D eigenvalue weighted by Gasteiger charge is -2.34. The second-order valence-electron chi connectivity index (χ2n) is 9.14. The molecular weight excluding hydrogens is 456 g/mol. The molecule has 0 aliphatic carbocycles. The first-order valence-corrected chi connectivity index (χ1v) is 13.2. The van der Waals surface area contributed by atoms with Crippen molar-refractivity contribution in [3.63, 3.8) is 0 Å². The van der Waals surface area contributed by atoms with Gasteiger partial charge in [0.15, 0.2) is 0 Å². The predicted molar refractivity (Wildman–Crippen MR) is 131 cm³/mol. The summed E-state index contributed by atoms with van der Waals surface area (Å²) in [6, 6.07) is 8.59. The van der Waals surface area contributed by atoms with Gasteiger partial charge in [-0.2, -0.15) is 0 Å². The van der Waals surface area contributed by atoms with Crippen molar-refractivity contribution >= 4 is 21.6 Å². The molecule has 1 aliphatic rings. The molecule has 3 atom stereocenters. The number of amides is 1. The maximum atomic E-state index is 13.2. The number of rotatable bonds is 8. The zero-order valence-corrected chi connectivity index (χ0v) is 21.0. The van der Waals surface area contributed by atoms with Gasteiger partial charge in [-0.05, 0) is 49.9 Å². The third-order valence-electron chi connectivity index (χ3n) is 5.91. The van der Waals surface area contributed by atoms with Crippen LogP contribution in [0.3, 0.4) is 0 Å². The molecule has 186 valence electrons. The number of hydrogen-bond donors (Lipinski definition) is 2. The van der Waals surface area contributed by atoms with E-state index >= 15 is 0 Å². The van der Waals surface area contributed by atoms with E-state index in [1.165, 1.54) is 0 Å². The summed E-state index contributed by atoms with van der Waals surface area (Å²) in [6.07, 6.45) is 4.42. The Kier molecular flexibility index (Phi) is 8.51. The summed E-state index contributed by atoms with van der Waals surface area (Å²) < 4.78 is 32.3. The summed E-state index contributed by atoms with van der Waals surface area (Å²) in [7, 11) is -1.45. The Hall–Kier alpha value is -2.69. The van der Waals surface area contributed by atoms with Gasteiger partial charge in [0, 0.05) is 49.2 Å². The van der Waals surface area contributed by atoms with Crippen LogP contribution in [0.25, 0.3) is 0 Å². The summed E-state index contributed by atoms with van der Waals surface area (Å²) in [4.78, 5) is 21.1. The molecule has 2 N–H and O–H groups in total. The van der Waals surface area contributed by atoms with Crippen LogP contribution < -0.4 is 9.46 Å². The van der Waals surface area contributed by atoms with E-state index in [1.54, 1.807) is 35.5 Å². The lowest BCUT2D eigenvalue weighted by molar-refractivity contribution is -0.134. The Morgan fingerprint density at radius 3 is 2.65 bits per heavy atom. The number of fused-ring (bicyclic) bond motifs is 1. The third-order valence-corrected chi connectivity index (χ3v) is 6.52. The number of carbonyl (C=O) groups excluding carboxylic acids is 1. The summed E-state index contributed by atoms with van der Waals surface area (Å²) in [6.45, 7) is 5.48. The van der Waals surface area contributed by atoms with Gasteiger partial charge in [-0.1, -0.05) is 6.92 Å². The average molecular weight is 491 g/mol. The van der Waals surface area contributed by atoms with Crippen molar-refractivity contribution in [1.82, 2.24) is 14.8 Å². The van der Waals surface area contributed by atoms with Crippen molar-refractivity contribution in [1.29, 1.82) is 0 Å². The van der Waals surface area contributed by atoms with Crippen molar-refractivity contribution < 1.29 is 23.1 Å². The normalized spacial score (nSPS) is 20.1. The number of benzene rings is 1. The molecule has 9 nitrogen and oxygen atoms in total. The topological polar surface area (TPSA) is 112 Å². The maximum Gasteiger partial charge on any atom is 0.229 e. The van der Waals surface area contributed by atoms with Crippen molar-refractivity contribution in [3.05, 3.63) is 53.9 Å². The van der Waals surface area contributed by atoms with Crippen LogP contribution in [0.15, 0.2) is 42.7 Å². The van der Waals surface area contributed by atoms with Gasteiger partial charge >= 0.3 is 0 Å². The molecule has 3 rings (SSSR count). The Bertz CT molecular complexity index is 1080. The van der Waals surface area contributed by atoms with Crippen LogP contribution in [-0.4, -0.2) is 79.4 Å². The number of aromatic nitrogens is 1. The van der Waals surface area contributed by atoms with Gasteiger partial charge in [0.05, 0.1) is 25.3 Å². The number of hydrogen-bond acceptors (Lipinski definition) is 7. The van der Waals surface area contributed by atoms with Gasteiger partial charge < -0.3 is 14.7 Å². The van der Waals surface area contributed by atoms with E-state index in [0.29, 0.717) is 30.1 Å². The van der Waals surface area contributed by atoms with E-state index in [-0.39, 0.29) is 37.0 Å². The maximum absolute atomic E-state index is 13.2. The van der Waals surface area contributed by atoms with E-state index in [4.69, 9.17) is 4.74 Å². The van der Waals surface area contributed by atoms with Gasteiger partial charge in [-0.15, -0.1) is 0 Å². The van der Waals surface area contributed by atoms with Gasteiger partial charge in [0.1, 0.15) is 11.9 Å². The second-order valence-corrected chi connectivity index (χ2v) is 10.9. The number of ether oxygens (including phenoxy) is 1. The highest BCUT2D eigenvalue weighted by Gasteiger charge is 2.31. The van der Waals surface area contributed by atoms with Crippen molar-refractivity contribution in [2.24, 2.45) is 5.92 Å². The lowest BCUT2D eigenvalue weighted by atomic mass is 10.0. The fraction of sp³-hybridized carbons (Fsp3) is 0.500. The summed E-state index contributed by atoms with van der Waals surface area (Å²) in [5.41, 5.74) is 2.11. The molecule has 1 aromatic carbocycles. The van der Waals surface area contributed by atoms with Crippen molar-refractivity contribution in [2.75, 3.05) is 37.7 Å². The second kappa shape index (κ2) is 11.2. The van der Waals surface area contributed by atoms with E-state index in [2.05, 4.69) is 14.6 Å². The average Bonchev–Trinajstić information content (AvgIpc) is 2.81. The molecule has 1 aromatic heterocycles. The molecule has 2 heterocycles. The number of sulfonamides is 1. The lowest BCUT2D eigenvalue weighted by Crippen LogP contribution is -2.47. The van der Waals surface area contributed by atoms with Crippen LogP contribution in [0.5, 0.6) is 5.75 Å². The van der Waals surface area contributed by atoms with Crippen LogP contribution in [0.4, 0.5) is 5.69 Å². The molecule has 1 aliphatic heterocycles. The molecule has 34 heavy (non-hydrogen) atoms. The Balaban J connectivity index is 1.91. The monoisotopic (exact) mass is 490 g/mol. The zero-order chi connectivity index (χ0) is 24.9. The Labute approximate surface area is 201 Å². The molecule has 0 saturated carbocycles. The molecule has 0 radical (unpaired) electrons. The smallest absolute Gasteiger partial charge is 0.229 e. The van der Waals surface area contributed by atoms with Crippen LogP contribution in [0.2, 0.25) is 0 Å². The first kappa shape index (κ1) is 25.9. The summed E-state index contributed by atoms with van der Waals surface area (Å²) >= 11 is 0. The largest absolute Gasteiger partial charge is 0.488 e. The Morgan fingerprint density at radius 1 is 1.29 bits per heavy atom. The molecule has 0 spiro atoms. The highest BCUT2D eigenvalue weighted by molar-refractivity contribution is 7.92. The number of nitrogens with one attached hydrogen (secondary N) is 1. The quantitative estimate of drug-likeness (QED) is 0.580. The number of anilines is 1. The molecule has 2 aromatic rings. The van der Waals surface area contributed by atoms with Crippen molar-refractivity contribution in [3.8, 4) is 5.75 Å². The Morgan fingerprint density at radius 2 is 2.00 bits per heavy atom. The van der Waals surface area contributed by atoms with Crippen LogP contribution in [0, 0.1) is 5.92 Å². The number of nitrogens with zero attached hydrogens (tertiary/aromatic N) is 3. The fourth-order valence-electron chi connectivity index (χ4n) is 4.10. The van der Waals surface area contributed by atoms with Gasteiger partial charge in [0.2, 0.25) is 15.9 Å². The molecular formula is C24H34N4O5S. The molecule has 0 saturated heterocycles. The minimum atomic E-state index is -3.46. The number of aliphatic hydroxyl groups is 1. The highest BCUT2D eigenvalue weighted by atomic mass is 32.2. The first-order chi connectivity index (χ1) is 16.1. The number of carbonyl (C=O) groups is 1. The minimum Gasteiger partial charge on any atom is -0.488 e. The fourth-order valence-corrected chi connectivity index (χ4v) is 4.65. The van der Waals surface area contributed by atoms with Crippen LogP contribution in [-0.2, 0) is 27.8 Å². The van der Waals surface area contributed by atoms with E-state index in [9.17, 15) is 18.3 Å². The molecule has 0 bridgehead atoms. The molecule has 1 amide bonds. The van der Waals surface area contributed by atoms with Gasteiger partial charge in [-0.3, -0.25) is 19.4 Å². The van der Waals surface area contributed by atoms with E-state index < -0.39 is 10.0 Å². The van der Waals surface area contributed by atoms with E-state index in [1.807, 2.05) is 33.0 Å². The first-order valence-electron chi connectivity index (χ1n) is 11.3. The van der Waals surface area contributed by atoms with Crippen molar-refractivity contribution in [2.45, 2.75) is 39.0 Å². The van der Waals surface area contributed by atoms with Gasteiger partial charge in [-0.25, -0.2) is 8.42 Å². The van der Waals surface area contributed by atoms with Crippen LogP contribution >= 0.6 is 0 Å². The van der Waals surface area contributed by atoms with Gasteiger partial charge in [0.25, 0.3) is 0 Å². The number of likely N-dealkylation sites (N-methyl/N-ethyl adjacent to an activating group) is 1. The number of pyridine rings is 1. The third kappa shape index (κ3) is 7.15. The molecule has 0 unspecified atom stereocenters. The molecule has 10 heteroatoms. The summed E-state index contributed by atoms with van der Waals surface area (Å²) in [5, 5.41) is 9.75. The number of aliphatic hydroxyl groups excluding tert-OH is 1. The SMILES string of the molecule is C[C@H]1CN([C@@H](C)CO)C(=O)Cc2cc(NS(C)(=O)=O)ccc2O[C@H]1CN(C)Cc1ccncc1. The van der Waals surface area contributed by atoms with Crippen LogP contribution in [0.1, 0.15) is 25.0 Å². The molecule has 0 fully saturated rings. The standard InChI is InChI=1S/C24H34N4O5S/c1-17-13-28(18(2)16-29)24(30)12-20-11-21(26-34(4,31)32)5-6-22(20)33-23(17)15-27(3)14-19-7-9-25-10-8-19/h5-11,17-18,23,26,29H,12-16H2,1-4H3/t17-,18-,23-/m0/s1. The zero-order valence-electron chi connectivity index (χ0n) is 20.1. The summed E-state index contributed by atoms with van der Waals surface area (Å²) in [5.74, 6) is 0.401. The minimum absolute atomic E-state index is 0.0161. The van der Waals surface area contributed by atoms with E-state index in [0.717, 1.165) is 18.4 Å². The predicted octanol–water partition coefficient (Wildman–Crippen LogP) is 1.73. The highest BCUT2D eigenvalue weighted by Crippen LogP contribution is 2.29.